The van der Waals surface area contributed by atoms with Gasteiger partial charge in [-0.3, -0.25) is 9.48 Å². The highest BCUT2D eigenvalue weighted by molar-refractivity contribution is 9.10. The lowest BCUT2D eigenvalue weighted by Gasteiger charge is -2.24. The van der Waals surface area contributed by atoms with Gasteiger partial charge in [-0.15, -0.1) is 0 Å². The van der Waals surface area contributed by atoms with Gasteiger partial charge in [-0.05, 0) is 37.5 Å². The topological polar surface area (TPSA) is 101 Å². The van der Waals surface area contributed by atoms with Crippen LogP contribution >= 0.6 is 15.9 Å². The van der Waals surface area contributed by atoms with Crippen molar-refractivity contribution < 1.29 is 27.1 Å². The van der Waals surface area contributed by atoms with Gasteiger partial charge in [0.2, 0.25) is 10.0 Å². The molecule has 0 saturated carbocycles. The molecule has 1 unspecified atom stereocenters. The molecule has 152 valence electrons. The molecule has 11 heteroatoms. The van der Waals surface area contributed by atoms with Crippen LogP contribution < -0.4 is 4.72 Å². The number of carboxylic acids is 1. The molecular weight excluding hydrogens is 460 g/mol. The molecule has 1 aromatic heterocycles. The van der Waals surface area contributed by atoms with Crippen molar-refractivity contribution in [1.82, 2.24) is 14.5 Å². The smallest absolute Gasteiger partial charge is 0.325 e. The minimum atomic E-state index is -4.09. The van der Waals surface area contributed by atoms with E-state index < -0.39 is 33.5 Å². The molecule has 1 aliphatic carbocycles. The van der Waals surface area contributed by atoms with E-state index in [0.29, 0.717) is 37.4 Å². The van der Waals surface area contributed by atoms with Crippen LogP contribution in [0, 0.1) is 0 Å². The summed E-state index contributed by atoms with van der Waals surface area (Å²) in [6.07, 6.45) is 3.18. The van der Waals surface area contributed by atoms with Crippen LogP contribution in [0.2, 0.25) is 0 Å². The van der Waals surface area contributed by atoms with Crippen LogP contribution in [0.1, 0.15) is 42.6 Å². The number of fused-ring (bicyclic) bond motifs is 1. The standard InChI is InChI=1S/C17H18BrF2N3O4S/c1-17(19,20)10-5-11(18)7-12(6-10)28(26,27)22-14-3-2-4-15-13(14)8-21-23(15)9-16(24)25/h5-8,14,22H,2-4,9H2,1H3,(H,24,25). The molecule has 0 amide bonds. The summed E-state index contributed by atoms with van der Waals surface area (Å²) in [6, 6.07) is 2.77. The third-order valence-electron chi connectivity index (χ3n) is 4.53. The first-order valence-corrected chi connectivity index (χ1v) is 10.7. The Morgan fingerprint density at radius 1 is 1.43 bits per heavy atom. The van der Waals surface area contributed by atoms with Gasteiger partial charge >= 0.3 is 5.97 Å². The van der Waals surface area contributed by atoms with Gasteiger partial charge in [0.05, 0.1) is 17.1 Å². The summed E-state index contributed by atoms with van der Waals surface area (Å²) in [6.45, 7) is 0.387. The van der Waals surface area contributed by atoms with Gasteiger partial charge in [0, 0.05) is 28.2 Å². The number of sulfonamides is 1. The first-order chi connectivity index (χ1) is 13.0. The molecular formula is C17H18BrF2N3O4S. The zero-order valence-electron chi connectivity index (χ0n) is 14.8. The summed E-state index contributed by atoms with van der Waals surface area (Å²) in [5.41, 5.74) is 0.851. The molecule has 3 rings (SSSR count). The molecule has 1 aliphatic rings. The van der Waals surface area contributed by atoms with Gasteiger partial charge in [-0.2, -0.15) is 5.10 Å². The number of rotatable bonds is 6. The van der Waals surface area contributed by atoms with E-state index in [-0.39, 0.29) is 15.9 Å². The number of alkyl halides is 2. The van der Waals surface area contributed by atoms with E-state index in [9.17, 15) is 22.0 Å². The van der Waals surface area contributed by atoms with Crippen LogP contribution in [0.4, 0.5) is 8.78 Å². The Kier molecular flexibility index (Phi) is 5.61. The number of benzene rings is 1. The zero-order chi connectivity index (χ0) is 20.7. The van der Waals surface area contributed by atoms with Gasteiger partial charge in [0.25, 0.3) is 5.92 Å². The molecule has 0 saturated heterocycles. The van der Waals surface area contributed by atoms with Crippen molar-refractivity contribution in [2.24, 2.45) is 0 Å². The van der Waals surface area contributed by atoms with E-state index in [2.05, 4.69) is 25.8 Å². The van der Waals surface area contributed by atoms with Crippen LogP contribution in [0.3, 0.4) is 0 Å². The van der Waals surface area contributed by atoms with Crippen molar-refractivity contribution in [2.45, 2.75) is 49.6 Å². The number of hydrogen-bond acceptors (Lipinski definition) is 4. The second-order valence-electron chi connectivity index (χ2n) is 6.73. The molecule has 0 spiro atoms. The lowest BCUT2D eigenvalue weighted by molar-refractivity contribution is -0.137. The second-order valence-corrected chi connectivity index (χ2v) is 9.36. The van der Waals surface area contributed by atoms with E-state index in [1.165, 1.54) is 23.0 Å². The van der Waals surface area contributed by atoms with E-state index >= 15 is 0 Å². The SMILES string of the molecule is CC(F)(F)c1cc(Br)cc(S(=O)(=O)NC2CCCc3c2cnn3CC(=O)O)c1. The molecule has 0 fully saturated rings. The Morgan fingerprint density at radius 3 is 2.79 bits per heavy atom. The number of hydrogen-bond donors (Lipinski definition) is 2. The number of carbonyl (C=O) groups is 1. The molecule has 7 nitrogen and oxygen atoms in total. The quantitative estimate of drug-likeness (QED) is 0.664. The number of aliphatic carboxylic acids is 1. The normalized spacial score (nSPS) is 17.4. The number of nitrogens with one attached hydrogen (secondary N) is 1. The number of nitrogens with zero attached hydrogens (tertiary/aromatic N) is 2. The van der Waals surface area contributed by atoms with Crippen LogP contribution in [0.5, 0.6) is 0 Å². The highest BCUT2D eigenvalue weighted by Crippen LogP contribution is 2.34. The maximum absolute atomic E-state index is 13.7. The van der Waals surface area contributed by atoms with Gasteiger partial charge in [-0.25, -0.2) is 21.9 Å². The largest absolute Gasteiger partial charge is 0.480 e. The van der Waals surface area contributed by atoms with Crippen LogP contribution in [0.15, 0.2) is 33.8 Å². The average Bonchev–Trinajstić information content (AvgIpc) is 2.97. The van der Waals surface area contributed by atoms with Gasteiger partial charge in [-0.1, -0.05) is 15.9 Å². The lowest BCUT2D eigenvalue weighted by atomic mass is 9.94. The Labute approximate surface area is 168 Å². The maximum Gasteiger partial charge on any atom is 0.325 e. The van der Waals surface area contributed by atoms with E-state index in [1.807, 2.05) is 0 Å². The first-order valence-electron chi connectivity index (χ1n) is 8.45. The van der Waals surface area contributed by atoms with Crippen molar-refractivity contribution in [3.63, 3.8) is 0 Å². The van der Waals surface area contributed by atoms with E-state index in [1.54, 1.807) is 0 Å². The predicted molar refractivity (Wildman–Crippen MR) is 99.6 cm³/mol. The van der Waals surface area contributed by atoms with Crippen molar-refractivity contribution in [2.75, 3.05) is 0 Å². The zero-order valence-corrected chi connectivity index (χ0v) is 17.2. The van der Waals surface area contributed by atoms with Gasteiger partial charge in [0.15, 0.2) is 0 Å². The number of halogens is 3. The maximum atomic E-state index is 13.7. The average molecular weight is 478 g/mol. The molecule has 1 heterocycles. The summed E-state index contributed by atoms with van der Waals surface area (Å²) < 4.78 is 57.1. The minimum Gasteiger partial charge on any atom is -0.480 e. The summed E-state index contributed by atoms with van der Waals surface area (Å²) in [7, 11) is -4.09. The Balaban J connectivity index is 1.92. The van der Waals surface area contributed by atoms with Crippen LogP contribution in [-0.2, 0) is 33.7 Å². The predicted octanol–water partition coefficient (Wildman–Crippen LogP) is 3.20. The summed E-state index contributed by atoms with van der Waals surface area (Å²) in [4.78, 5) is 10.7. The molecule has 2 N–H and O–H groups in total. The Hall–Kier alpha value is -1.85. The van der Waals surface area contributed by atoms with Crippen molar-refractivity contribution in [3.05, 3.63) is 45.7 Å². The summed E-state index contributed by atoms with van der Waals surface area (Å²) in [5, 5.41) is 13.0. The fourth-order valence-electron chi connectivity index (χ4n) is 3.23. The van der Waals surface area contributed by atoms with Crippen molar-refractivity contribution in [1.29, 1.82) is 0 Å². The second kappa shape index (κ2) is 7.53. The van der Waals surface area contributed by atoms with Crippen LogP contribution in [-0.4, -0.2) is 29.3 Å². The fourth-order valence-corrected chi connectivity index (χ4v) is 5.20. The Morgan fingerprint density at radius 2 is 2.14 bits per heavy atom. The van der Waals surface area contributed by atoms with E-state index in [0.717, 1.165) is 6.07 Å². The molecule has 0 radical (unpaired) electrons. The highest BCUT2D eigenvalue weighted by Gasteiger charge is 2.31. The molecule has 1 aromatic carbocycles. The lowest BCUT2D eigenvalue weighted by Crippen LogP contribution is -2.31. The monoisotopic (exact) mass is 477 g/mol. The molecule has 1 atom stereocenters. The summed E-state index contributed by atoms with van der Waals surface area (Å²) in [5.74, 6) is -4.24. The van der Waals surface area contributed by atoms with Crippen molar-refractivity contribution >= 4 is 31.9 Å². The van der Waals surface area contributed by atoms with Crippen molar-refractivity contribution in [3.8, 4) is 0 Å². The molecule has 0 bridgehead atoms. The van der Waals surface area contributed by atoms with Gasteiger partial charge in [0.1, 0.15) is 6.54 Å². The molecule has 28 heavy (non-hydrogen) atoms. The number of carboxylic acid groups (broad SMARTS) is 1. The minimum absolute atomic E-state index is 0.227. The fraction of sp³-hybridized carbons (Fsp3) is 0.412. The highest BCUT2D eigenvalue weighted by atomic mass is 79.9. The third kappa shape index (κ3) is 4.41. The first kappa shape index (κ1) is 20.9. The molecule has 0 aliphatic heterocycles. The third-order valence-corrected chi connectivity index (χ3v) is 6.44. The Bertz CT molecular complexity index is 1020. The van der Waals surface area contributed by atoms with Gasteiger partial charge < -0.3 is 5.11 Å². The van der Waals surface area contributed by atoms with Crippen LogP contribution in [0.25, 0.3) is 0 Å². The van der Waals surface area contributed by atoms with E-state index in [4.69, 9.17) is 5.11 Å². The molecule has 2 aromatic rings. The summed E-state index contributed by atoms with van der Waals surface area (Å²) >= 11 is 3.08. The number of aromatic nitrogens is 2.